The summed E-state index contributed by atoms with van der Waals surface area (Å²) in [4.78, 5) is 23.2. The smallest absolute Gasteiger partial charge is 0.258 e. The van der Waals surface area contributed by atoms with E-state index in [4.69, 9.17) is 9.62 Å². The highest BCUT2D eigenvalue weighted by Gasteiger charge is 2.21. The molecule has 0 N–H and O–H groups in total. The van der Waals surface area contributed by atoms with E-state index in [0.717, 1.165) is 78.8 Å². The molecule has 0 unspecified atom stereocenters. The predicted octanol–water partition coefficient (Wildman–Crippen LogP) is 8.67. The molecule has 8 nitrogen and oxygen atoms in total. The molecule has 3 aromatic heterocycles. The molecule has 5 aromatic rings. The average Bonchev–Trinajstić information content (AvgIpc) is 3.74. The maximum absolute atomic E-state index is 14.0. The lowest BCUT2D eigenvalue weighted by Crippen LogP contribution is -2.34. The molecular weight excluding hydrogens is 596 g/mol. The fourth-order valence-electron chi connectivity index (χ4n) is 6.51. The van der Waals surface area contributed by atoms with Gasteiger partial charge in [-0.2, -0.15) is 10.1 Å². The van der Waals surface area contributed by atoms with Gasteiger partial charge in [-0.05, 0) is 94.3 Å². The molecule has 1 aliphatic rings. The van der Waals surface area contributed by atoms with Gasteiger partial charge in [-0.1, -0.05) is 81.7 Å². The molecule has 0 radical (unpaired) electrons. The van der Waals surface area contributed by atoms with E-state index in [1.807, 2.05) is 59.2 Å². The summed E-state index contributed by atoms with van der Waals surface area (Å²) in [6.45, 7) is 13.9. The van der Waals surface area contributed by atoms with E-state index in [1.54, 1.807) is 0 Å². The van der Waals surface area contributed by atoms with E-state index < -0.39 is 0 Å². The van der Waals surface area contributed by atoms with E-state index in [9.17, 15) is 4.79 Å². The number of nitrogens with zero attached hydrogens (tertiary/aromatic N) is 6. The Morgan fingerprint density at radius 2 is 1.54 bits per heavy atom. The lowest BCUT2D eigenvalue weighted by Gasteiger charge is -2.26. The third-order valence-corrected chi connectivity index (χ3v) is 9.44. The quantitative estimate of drug-likeness (QED) is 0.120. The van der Waals surface area contributed by atoms with Crippen LogP contribution in [-0.4, -0.2) is 68.2 Å². The molecule has 0 atom stereocenters. The number of benzene rings is 2. The second kappa shape index (κ2) is 15.7. The van der Waals surface area contributed by atoms with Gasteiger partial charge < -0.3 is 14.3 Å². The second-order valence-electron chi connectivity index (χ2n) is 14.1. The first-order valence-corrected chi connectivity index (χ1v) is 17.9. The van der Waals surface area contributed by atoms with E-state index in [1.165, 1.54) is 37.9 Å². The van der Waals surface area contributed by atoms with Crippen molar-refractivity contribution in [2.24, 2.45) is 11.8 Å². The minimum Gasteiger partial charge on any atom is -0.339 e. The predicted molar refractivity (Wildman–Crippen MR) is 193 cm³/mol. The van der Waals surface area contributed by atoms with Crippen molar-refractivity contribution in [2.45, 2.75) is 72.6 Å². The number of amides is 1. The Kier molecular flexibility index (Phi) is 11.0. The zero-order valence-corrected chi connectivity index (χ0v) is 29.1. The Hall–Kier alpha value is -4.30. The third kappa shape index (κ3) is 8.21. The van der Waals surface area contributed by atoms with Crippen molar-refractivity contribution < 1.29 is 9.32 Å². The fourth-order valence-corrected chi connectivity index (χ4v) is 6.51. The molecule has 0 bridgehead atoms. The number of likely N-dealkylation sites (tertiary alicyclic amines) is 1. The summed E-state index contributed by atoms with van der Waals surface area (Å²) >= 11 is 0. The maximum atomic E-state index is 14.0. The number of hydrogen-bond donors (Lipinski definition) is 0. The SMILES string of the molecule is CC(C)CCN(CCC(C)C)C(=O)c1ccn2nc(-c3ccc(-c4noc(-c5ccccc5)n4)cc3)c(CCCN3CCCCC3)c2c1. The molecule has 0 spiro atoms. The average molecular weight is 647 g/mol. The molecule has 8 heteroatoms. The molecular formula is C40H50N6O2. The van der Waals surface area contributed by atoms with Crippen molar-refractivity contribution in [3.05, 3.63) is 84.1 Å². The fraction of sp³-hybridized carbons (Fsp3) is 0.450. The minimum atomic E-state index is 0.111. The highest BCUT2D eigenvalue weighted by Crippen LogP contribution is 2.31. The van der Waals surface area contributed by atoms with Crippen LogP contribution in [0.2, 0.25) is 0 Å². The van der Waals surface area contributed by atoms with Crippen LogP contribution >= 0.6 is 0 Å². The standard InChI is InChI=1S/C40H50N6O2/c1-29(2)19-25-45(26-20-30(3)4)40(47)34-21-27-46-36(28-34)35(14-11-24-44-22-9-6-10-23-44)37(42-46)31-15-17-32(18-16-31)38-41-39(48-43-38)33-12-7-5-8-13-33/h5,7-8,12-13,15-18,21,27-30H,6,9-11,14,19-20,22-26H2,1-4H3. The summed E-state index contributed by atoms with van der Waals surface area (Å²) in [7, 11) is 0. The number of aryl methyl sites for hydroxylation is 1. The van der Waals surface area contributed by atoms with E-state index in [0.29, 0.717) is 23.6 Å². The van der Waals surface area contributed by atoms with Crippen molar-refractivity contribution in [3.63, 3.8) is 0 Å². The van der Waals surface area contributed by atoms with Crippen molar-refractivity contribution in [3.8, 4) is 34.1 Å². The van der Waals surface area contributed by atoms with Crippen molar-refractivity contribution >= 4 is 11.4 Å². The summed E-state index contributed by atoms with van der Waals surface area (Å²) in [5.41, 5.74) is 6.71. The van der Waals surface area contributed by atoms with Crippen molar-refractivity contribution in [1.82, 2.24) is 29.6 Å². The first kappa shape index (κ1) is 33.6. The number of hydrogen-bond acceptors (Lipinski definition) is 6. The van der Waals surface area contributed by atoms with Gasteiger partial charge in [0.15, 0.2) is 0 Å². The van der Waals surface area contributed by atoms with Crippen LogP contribution in [0.1, 0.15) is 82.1 Å². The lowest BCUT2D eigenvalue weighted by atomic mass is 10.00. The Labute approximate surface area is 285 Å². The molecule has 0 aliphatic carbocycles. The lowest BCUT2D eigenvalue weighted by molar-refractivity contribution is 0.0741. The second-order valence-corrected chi connectivity index (χ2v) is 14.1. The van der Waals surface area contributed by atoms with Crippen LogP contribution in [0.4, 0.5) is 0 Å². The number of aromatic nitrogens is 4. The summed E-state index contributed by atoms with van der Waals surface area (Å²) in [5, 5.41) is 9.33. The number of piperidine rings is 1. The number of pyridine rings is 1. The van der Waals surface area contributed by atoms with Gasteiger partial charge >= 0.3 is 0 Å². The largest absolute Gasteiger partial charge is 0.339 e. The molecule has 1 aliphatic heterocycles. The van der Waals surface area contributed by atoms with Gasteiger partial charge in [0.25, 0.3) is 11.8 Å². The third-order valence-electron chi connectivity index (χ3n) is 9.44. The van der Waals surface area contributed by atoms with Gasteiger partial charge in [-0.15, -0.1) is 0 Å². The Balaban J connectivity index is 1.29. The van der Waals surface area contributed by atoms with Crippen LogP contribution in [0.3, 0.4) is 0 Å². The molecule has 1 amide bonds. The summed E-state index contributed by atoms with van der Waals surface area (Å²) in [6, 6.07) is 22.1. The summed E-state index contributed by atoms with van der Waals surface area (Å²) < 4.78 is 7.51. The minimum absolute atomic E-state index is 0.111. The molecule has 1 fully saturated rings. The van der Waals surface area contributed by atoms with E-state index in [2.05, 4.69) is 65.8 Å². The van der Waals surface area contributed by atoms with Gasteiger partial charge in [0.05, 0.1) is 11.2 Å². The molecule has 2 aromatic carbocycles. The van der Waals surface area contributed by atoms with Crippen molar-refractivity contribution in [1.29, 1.82) is 0 Å². The van der Waals surface area contributed by atoms with Crippen molar-refractivity contribution in [2.75, 3.05) is 32.7 Å². The van der Waals surface area contributed by atoms with Crippen LogP contribution < -0.4 is 0 Å². The van der Waals surface area contributed by atoms with Crippen LogP contribution in [0, 0.1) is 11.8 Å². The van der Waals surface area contributed by atoms with Crippen LogP contribution in [-0.2, 0) is 6.42 Å². The van der Waals surface area contributed by atoms with Gasteiger partial charge in [-0.3, -0.25) is 4.79 Å². The number of fused-ring (bicyclic) bond motifs is 1. The Morgan fingerprint density at radius 1 is 0.854 bits per heavy atom. The van der Waals surface area contributed by atoms with E-state index >= 15 is 0 Å². The van der Waals surface area contributed by atoms with Gasteiger partial charge in [0.1, 0.15) is 0 Å². The molecule has 4 heterocycles. The van der Waals surface area contributed by atoms with Gasteiger partial charge in [-0.25, -0.2) is 4.52 Å². The normalized spacial score (nSPS) is 14.0. The topological polar surface area (TPSA) is 79.8 Å². The van der Waals surface area contributed by atoms with Crippen LogP contribution in [0.15, 0.2) is 77.4 Å². The number of carbonyl (C=O) groups is 1. The van der Waals surface area contributed by atoms with Gasteiger partial charge in [0, 0.05) is 47.1 Å². The number of carbonyl (C=O) groups excluding carboxylic acids is 1. The summed E-state index contributed by atoms with van der Waals surface area (Å²) in [5.74, 6) is 2.26. The Morgan fingerprint density at radius 3 is 2.23 bits per heavy atom. The highest BCUT2D eigenvalue weighted by atomic mass is 16.5. The monoisotopic (exact) mass is 646 g/mol. The molecule has 48 heavy (non-hydrogen) atoms. The Bertz CT molecular complexity index is 1750. The maximum Gasteiger partial charge on any atom is 0.258 e. The van der Waals surface area contributed by atoms with Crippen LogP contribution in [0.5, 0.6) is 0 Å². The van der Waals surface area contributed by atoms with Gasteiger partial charge in [0.2, 0.25) is 5.82 Å². The van der Waals surface area contributed by atoms with Crippen LogP contribution in [0.25, 0.3) is 39.6 Å². The molecule has 1 saturated heterocycles. The number of rotatable bonds is 14. The highest BCUT2D eigenvalue weighted by molar-refractivity contribution is 5.95. The molecule has 0 saturated carbocycles. The summed E-state index contributed by atoms with van der Waals surface area (Å²) in [6.07, 6.45) is 9.81. The first-order chi connectivity index (χ1) is 23.4. The van der Waals surface area contributed by atoms with E-state index in [-0.39, 0.29) is 5.91 Å². The zero-order chi connectivity index (χ0) is 33.5. The molecule has 252 valence electrons. The molecule has 6 rings (SSSR count). The zero-order valence-electron chi connectivity index (χ0n) is 29.1. The first-order valence-electron chi connectivity index (χ1n) is 17.9.